The highest BCUT2D eigenvalue weighted by Gasteiger charge is 2.44. The monoisotopic (exact) mass is 971 g/mol. The van der Waals surface area contributed by atoms with Crippen LogP contribution in [0.2, 0.25) is 0 Å². The minimum absolute atomic E-state index is 0.00577. The second-order valence-electron chi connectivity index (χ2n) is 20.6. The molecular formula is C54H64F2N10O5. The number of hydrogen-bond acceptors (Lipinski definition) is 11. The number of para-hydroxylation sites is 1. The first-order valence-electron chi connectivity index (χ1n) is 25.2. The van der Waals surface area contributed by atoms with Gasteiger partial charge in [-0.15, -0.1) is 0 Å². The number of aryl methyl sites for hydroxylation is 2. The molecule has 1 saturated carbocycles. The summed E-state index contributed by atoms with van der Waals surface area (Å²) < 4.78 is 33.6. The van der Waals surface area contributed by atoms with Gasteiger partial charge in [0.05, 0.1) is 24.6 Å². The van der Waals surface area contributed by atoms with Crippen LogP contribution in [-0.2, 0) is 16.6 Å². The van der Waals surface area contributed by atoms with Crippen molar-refractivity contribution >= 4 is 57.0 Å². The van der Waals surface area contributed by atoms with Crippen molar-refractivity contribution in [3.8, 4) is 5.69 Å². The predicted octanol–water partition coefficient (Wildman–Crippen LogP) is 7.42. The molecule has 17 heteroatoms. The van der Waals surface area contributed by atoms with E-state index in [1.807, 2.05) is 53.8 Å². The maximum atomic E-state index is 16.1. The maximum Gasteiger partial charge on any atom is 0.257 e. The van der Waals surface area contributed by atoms with E-state index in [4.69, 9.17) is 0 Å². The molecule has 5 aliphatic rings. The largest absolute Gasteiger partial charge is 0.626 e. The molecule has 5 aromatic rings. The lowest BCUT2D eigenvalue weighted by Gasteiger charge is -2.41. The zero-order valence-corrected chi connectivity index (χ0v) is 41.3. The molecule has 1 aliphatic carbocycles. The Kier molecular flexibility index (Phi) is 13.2. The molecule has 10 rings (SSSR count). The summed E-state index contributed by atoms with van der Waals surface area (Å²) in [6, 6.07) is 13.6. The van der Waals surface area contributed by atoms with E-state index in [0.29, 0.717) is 66.4 Å². The van der Waals surface area contributed by atoms with E-state index >= 15 is 4.39 Å². The molecule has 2 amide bonds. The van der Waals surface area contributed by atoms with Crippen molar-refractivity contribution in [2.24, 2.45) is 18.9 Å². The predicted molar refractivity (Wildman–Crippen MR) is 274 cm³/mol. The van der Waals surface area contributed by atoms with Crippen LogP contribution in [0.25, 0.3) is 22.3 Å². The summed E-state index contributed by atoms with van der Waals surface area (Å²) in [5.41, 5.74) is 7.04. The molecule has 0 spiro atoms. The number of carbonyl (C=O) groups excluding carboxylic acids is 3. The fraction of sp³-hybridized carbons (Fsp3) is 0.463. The number of piperazine rings is 1. The van der Waals surface area contributed by atoms with E-state index in [1.165, 1.54) is 22.9 Å². The number of Topliss-reactive ketones (excluding diaryl/α,β-unsaturated/α-hetero) is 1. The van der Waals surface area contributed by atoms with Gasteiger partial charge in [0.15, 0.2) is 24.0 Å². The van der Waals surface area contributed by atoms with Crippen LogP contribution in [0.3, 0.4) is 0 Å². The van der Waals surface area contributed by atoms with E-state index in [-0.39, 0.29) is 59.7 Å². The van der Waals surface area contributed by atoms with Gasteiger partial charge in [0, 0.05) is 113 Å². The van der Waals surface area contributed by atoms with Crippen LogP contribution in [0.4, 0.5) is 31.5 Å². The summed E-state index contributed by atoms with van der Waals surface area (Å²) >= 11 is 0. The number of hydroxylamine groups is 2. The van der Waals surface area contributed by atoms with Gasteiger partial charge in [0.1, 0.15) is 28.9 Å². The van der Waals surface area contributed by atoms with Crippen molar-refractivity contribution in [2.75, 3.05) is 81.7 Å². The van der Waals surface area contributed by atoms with E-state index in [9.17, 15) is 28.8 Å². The highest BCUT2D eigenvalue weighted by molar-refractivity contribution is 6.03. The number of carbonyl (C=O) groups is 3. The van der Waals surface area contributed by atoms with Gasteiger partial charge in [-0.05, 0) is 112 Å². The summed E-state index contributed by atoms with van der Waals surface area (Å²) in [4.78, 5) is 64.9. The Morgan fingerprint density at radius 1 is 0.930 bits per heavy atom. The Morgan fingerprint density at radius 2 is 1.68 bits per heavy atom. The number of piperidine rings is 1. The summed E-state index contributed by atoms with van der Waals surface area (Å²) in [5.74, 6) is -0.703. The average Bonchev–Trinajstić information content (AvgIpc) is 3.84. The van der Waals surface area contributed by atoms with Gasteiger partial charge in [-0.3, -0.25) is 38.9 Å². The smallest absolute Gasteiger partial charge is 0.257 e. The van der Waals surface area contributed by atoms with Crippen molar-refractivity contribution < 1.29 is 23.2 Å². The number of hydrogen-bond donors (Lipinski definition) is 2. The van der Waals surface area contributed by atoms with Crippen LogP contribution in [-0.4, -0.2) is 114 Å². The number of quaternary nitrogens is 1. The fourth-order valence-electron chi connectivity index (χ4n) is 12.2. The second kappa shape index (κ2) is 19.4. The lowest BCUT2D eigenvalue weighted by Crippen LogP contribution is -2.55. The number of aromatic nitrogens is 3. The zero-order chi connectivity index (χ0) is 49.9. The number of pyridine rings is 2. The number of amides is 2. The number of halogens is 2. The molecule has 0 bridgehead atoms. The summed E-state index contributed by atoms with van der Waals surface area (Å²) in [6.45, 7) is 9.76. The summed E-state index contributed by atoms with van der Waals surface area (Å²) in [6.07, 6.45) is 10.7. The van der Waals surface area contributed by atoms with Crippen LogP contribution in [0, 0.1) is 35.6 Å². The molecule has 4 aliphatic heterocycles. The Labute approximate surface area is 412 Å². The number of rotatable bonds is 12. The third-order valence-corrected chi connectivity index (χ3v) is 16.1. The SMILES string of the molecule is CNc1cc(=O)n(-c2ccnc3c2cc([C@H](C)N2CC=C(c4c(C)cc(C(=O)CC5CCC(CN6CCN(c7cccc8c7[N+](C)([O-])CN8C7CCC(=O)NC7=O)CC6)CC5)cc4F)CC2)n3C)cc1F. The van der Waals surface area contributed by atoms with Crippen molar-refractivity contribution in [1.29, 1.82) is 0 Å². The van der Waals surface area contributed by atoms with Gasteiger partial charge in [-0.2, -0.15) is 0 Å². The van der Waals surface area contributed by atoms with Gasteiger partial charge < -0.3 is 29.5 Å². The van der Waals surface area contributed by atoms with E-state index in [1.54, 1.807) is 26.4 Å². The molecule has 3 fully saturated rings. The van der Waals surface area contributed by atoms with E-state index < -0.39 is 16.5 Å². The average molecular weight is 971 g/mol. The van der Waals surface area contributed by atoms with E-state index in [2.05, 4.69) is 43.3 Å². The Balaban J connectivity index is 0.714. The number of ketones is 1. The number of anilines is 3. The molecule has 0 radical (unpaired) electrons. The number of fused-ring (bicyclic) bond motifs is 2. The lowest BCUT2D eigenvalue weighted by atomic mass is 9.79. The molecule has 2 N–H and O–H groups in total. The van der Waals surface area contributed by atoms with Crippen LogP contribution >= 0.6 is 0 Å². The number of nitrogens with zero attached hydrogens (tertiary/aromatic N) is 8. The molecule has 2 unspecified atom stereocenters. The molecule has 3 atom stereocenters. The van der Waals surface area contributed by atoms with Gasteiger partial charge in [0.2, 0.25) is 11.8 Å². The molecule has 2 aromatic carbocycles. The topological polar surface area (TPSA) is 151 Å². The minimum atomic E-state index is -0.601. The fourth-order valence-corrected chi connectivity index (χ4v) is 12.2. The van der Waals surface area contributed by atoms with Crippen molar-refractivity contribution in [2.45, 2.75) is 77.3 Å². The Hall–Kier alpha value is -6.27. The summed E-state index contributed by atoms with van der Waals surface area (Å²) in [7, 11) is 5.15. The molecule has 15 nitrogen and oxygen atoms in total. The van der Waals surface area contributed by atoms with Crippen LogP contribution in [0.5, 0.6) is 0 Å². The molecule has 7 heterocycles. The van der Waals surface area contributed by atoms with Crippen LogP contribution < -0.4 is 30.6 Å². The highest BCUT2D eigenvalue weighted by Crippen LogP contribution is 2.48. The summed E-state index contributed by atoms with van der Waals surface area (Å²) in [5, 5.41) is 19.9. The van der Waals surface area contributed by atoms with Gasteiger partial charge in [-0.25, -0.2) is 13.8 Å². The van der Waals surface area contributed by atoms with Crippen molar-refractivity contribution in [3.63, 3.8) is 0 Å². The first-order chi connectivity index (χ1) is 34.1. The number of benzene rings is 2. The molecule has 71 heavy (non-hydrogen) atoms. The quantitative estimate of drug-likeness (QED) is 0.0557. The van der Waals surface area contributed by atoms with Crippen LogP contribution in [0.15, 0.2) is 71.8 Å². The molecule has 374 valence electrons. The highest BCUT2D eigenvalue weighted by atomic mass is 19.1. The zero-order valence-electron chi connectivity index (χ0n) is 41.3. The number of imide groups is 1. The molecule has 3 aromatic heterocycles. The standard InChI is InChI=1S/C54H64F2N10O5/c1-33-25-38(27-40(55)51(33)37-16-19-62(20-17-37)34(2)47-28-39-43(15-18-58-53(39)60(47)4)64-31-41(56)42(57-3)29-50(64)69)48(67)26-35-9-11-36(12-10-35)30-61-21-23-63(24-22-61)44-7-6-8-45-52(44)66(5,71)32-65(45)46-13-14-49(68)59-54(46)70/h6-8,15-16,18,25,27-29,31,34-36,46,57H,9-14,17,19-24,26,30,32H2,1-5H3,(H,59,68,70)/t34-,35?,36?,46?,66?/m0/s1. The third-order valence-electron chi connectivity index (χ3n) is 16.1. The second-order valence-corrected chi connectivity index (χ2v) is 20.6. The first-order valence-corrected chi connectivity index (χ1v) is 25.2. The first kappa shape index (κ1) is 48.4. The van der Waals surface area contributed by atoms with Gasteiger partial charge in [0.25, 0.3) is 5.56 Å². The van der Waals surface area contributed by atoms with Crippen molar-refractivity contribution in [1.82, 2.24) is 33.9 Å². The third kappa shape index (κ3) is 9.28. The van der Waals surface area contributed by atoms with Gasteiger partial charge in [-0.1, -0.05) is 12.1 Å². The Bertz CT molecular complexity index is 2980. The van der Waals surface area contributed by atoms with E-state index in [0.717, 1.165) is 92.0 Å². The van der Waals surface area contributed by atoms with Crippen molar-refractivity contribution in [3.05, 3.63) is 117 Å². The number of nitrogens with one attached hydrogen (secondary N) is 2. The maximum absolute atomic E-state index is 16.1. The van der Waals surface area contributed by atoms with Gasteiger partial charge >= 0.3 is 0 Å². The molecule has 2 saturated heterocycles. The normalized spacial score (nSPS) is 23.7. The lowest BCUT2D eigenvalue weighted by molar-refractivity contribution is -0.134. The minimum Gasteiger partial charge on any atom is -0.626 e. The Morgan fingerprint density at radius 3 is 2.38 bits per heavy atom. The molecular weight excluding hydrogens is 907 g/mol. The van der Waals surface area contributed by atoms with Crippen LogP contribution in [0.1, 0.15) is 91.5 Å².